The minimum atomic E-state index is -3.68. The minimum absolute atomic E-state index is 0.145. The first-order chi connectivity index (χ1) is 8.86. The van der Waals surface area contributed by atoms with Gasteiger partial charge in [0.15, 0.2) is 0 Å². The molecular weight excluding hydrogens is 284 g/mol. The van der Waals surface area contributed by atoms with Crippen LogP contribution in [0.3, 0.4) is 0 Å². The molecule has 0 aromatic heterocycles. The Balaban J connectivity index is 2.74. The van der Waals surface area contributed by atoms with Crippen molar-refractivity contribution in [1.29, 1.82) is 0 Å². The Bertz CT molecular complexity index is 526. The zero-order valence-corrected chi connectivity index (χ0v) is 12.6. The zero-order valence-electron chi connectivity index (χ0n) is 10.9. The maximum Gasteiger partial charge on any atom is 0.241 e. The summed E-state index contributed by atoms with van der Waals surface area (Å²) in [5.41, 5.74) is 0.971. The van der Waals surface area contributed by atoms with Crippen molar-refractivity contribution in [2.24, 2.45) is 0 Å². The van der Waals surface area contributed by atoms with Crippen LogP contribution in [-0.2, 0) is 14.8 Å². The largest absolute Gasteiger partial charge is 0.354 e. The van der Waals surface area contributed by atoms with E-state index in [1.165, 1.54) is 19.1 Å². The second-order valence-corrected chi connectivity index (χ2v) is 6.33. The van der Waals surface area contributed by atoms with Crippen molar-refractivity contribution < 1.29 is 13.2 Å². The lowest BCUT2D eigenvalue weighted by molar-refractivity contribution is -0.122. The molecule has 1 amide bonds. The molecule has 0 radical (unpaired) electrons. The SMILES string of the molecule is Cc1ccc(S(=O)(=O)N[C@@H](C)C(=O)NCCS)cc1. The lowest BCUT2D eigenvalue weighted by Gasteiger charge is -2.14. The van der Waals surface area contributed by atoms with E-state index in [-0.39, 0.29) is 10.8 Å². The Morgan fingerprint density at radius 2 is 1.89 bits per heavy atom. The smallest absolute Gasteiger partial charge is 0.241 e. The summed E-state index contributed by atoms with van der Waals surface area (Å²) in [6.07, 6.45) is 0. The highest BCUT2D eigenvalue weighted by molar-refractivity contribution is 7.89. The molecule has 1 aromatic rings. The summed E-state index contributed by atoms with van der Waals surface area (Å²) in [5, 5.41) is 2.57. The Kier molecular flexibility index (Phi) is 5.84. The number of carbonyl (C=O) groups excluding carboxylic acids is 1. The van der Waals surface area contributed by atoms with E-state index in [9.17, 15) is 13.2 Å². The number of sulfonamides is 1. The van der Waals surface area contributed by atoms with Gasteiger partial charge in [-0.15, -0.1) is 0 Å². The van der Waals surface area contributed by atoms with Gasteiger partial charge >= 0.3 is 0 Å². The first-order valence-electron chi connectivity index (χ1n) is 5.84. The molecule has 0 aliphatic rings. The van der Waals surface area contributed by atoms with E-state index in [1.54, 1.807) is 12.1 Å². The fourth-order valence-corrected chi connectivity index (χ4v) is 2.72. The van der Waals surface area contributed by atoms with Gasteiger partial charge in [0.2, 0.25) is 15.9 Å². The number of amides is 1. The van der Waals surface area contributed by atoms with Crippen molar-refractivity contribution in [3.05, 3.63) is 29.8 Å². The van der Waals surface area contributed by atoms with Gasteiger partial charge in [0.25, 0.3) is 0 Å². The normalized spacial score (nSPS) is 13.0. The highest BCUT2D eigenvalue weighted by Crippen LogP contribution is 2.10. The summed E-state index contributed by atoms with van der Waals surface area (Å²) < 4.78 is 26.4. The molecule has 0 aliphatic heterocycles. The van der Waals surface area contributed by atoms with Crippen molar-refractivity contribution in [2.45, 2.75) is 24.8 Å². The van der Waals surface area contributed by atoms with Gasteiger partial charge < -0.3 is 5.32 Å². The second kappa shape index (κ2) is 6.93. The van der Waals surface area contributed by atoms with Crippen LogP contribution in [0.2, 0.25) is 0 Å². The third-order valence-electron chi connectivity index (χ3n) is 2.47. The number of hydrogen-bond donors (Lipinski definition) is 3. The van der Waals surface area contributed by atoms with Gasteiger partial charge in [-0.05, 0) is 26.0 Å². The van der Waals surface area contributed by atoms with Gasteiger partial charge in [0.1, 0.15) is 0 Å². The number of nitrogens with one attached hydrogen (secondary N) is 2. The van der Waals surface area contributed by atoms with E-state index < -0.39 is 16.1 Å². The Morgan fingerprint density at radius 1 is 1.32 bits per heavy atom. The number of benzene rings is 1. The average molecular weight is 302 g/mol. The maximum atomic E-state index is 12.0. The van der Waals surface area contributed by atoms with E-state index in [0.29, 0.717) is 12.3 Å². The third kappa shape index (κ3) is 4.85. The molecule has 0 unspecified atom stereocenters. The molecule has 0 fully saturated rings. The first-order valence-corrected chi connectivity index (χ1v) is 7.96. The average Bonchev–Trinajstić information content (AvgIpc) is 2.35. The van der Waals surface area contributed by atoms with Crippen molar-refractivity contribution in [1.82, 2.24) is 10.0 Å². The molecule has 1 aromatic carbocycles. The Labute approximate surface area is 119 Å². The van der Waals surface area contributed by atoms with E-state index in [0.717, 1.165) is 5.56 Å². The van der Waals surface area contributed by atoms with E-state index in [1.807, 2.05) is 6.92 Å². The molecule has 2 N–H and O–H groups in total. The second-order valence-electron chi connectivity index (χ2n) is 4.17. The zero-order chi connectivity index (χ0) is 14.5. The topological polar surface area (TPSA) is 75.3 Å². The highest BCUT2D eigenvalue weighted by Gasteiger charge is 2.21. The quantitative estimate of drug-likeness (QED) is 0.677. The van der Waals surface area contributed by atoms with Crippen molar-refractivity contribution in [2.75, 3.05) is 12.3 Å². The summed E-state index contributed by atoms with van der Waals surface area (Å²) >= 11 is 3.96. The summed E-state index contributed by atoms with van der Waals surface area (Å²) in [5.74, 6) is 0.133. The van der Waals surface area contributed by atoms with Crippen LogP contribution < -0.4 is 10.0 Å². The number of carbonyl (C=O) groups is 1. The van der Waals surface area contributed by atoms with Crippen LogP contribution in [-0.4, -0.2) is 32.7 Å². The predicted molar refractivity (Wildman–Crippen MR) is 77.8 cm³/mol. The summed E-state index contributed by atoms with van der Waals surface area (Å²) in [6.45, 7) is 3.77. The third-order valence-corrected chi connectivity index (χ3v) is 4.25. The molecule has 7 heteroatoms. The number of aryl methyl sites for hydroxylation is 1. The van der Waals surface area contributed by atoms with Gasteiger partial charge in [-0.2, -0.15) is 17.4 Å². The molecule has 1 rings (SSSR count). The molecule has 0 spiro atoms. The fraction of sp³-hybridized carbons (Fsp3) is 0.417. The van der Waals surface area contributed by atoms with Gasteiger partial charge in [-0.1, -0.05) is 17.7 Å². The first kappa shape index (κ1) is 16.0. The molecule has 19 heavy (non-hydrogen) atoms. The van der Waals surface area contributed by atoms with Gasteiger partial charge in [-0.25, -0.2) is 8.42 Å². The number of hydrogen-bond acceptors (Lipinski definition) is 4. The molecule has 0 aliphatic carbocycles. The van der Waals surface area contributed by atoms with Crippen LogP contribution in [0.15, 0.2) is 29.2 Å². The van der Waals surface area contributed by atoms with E-state index >= 15 is 0 Å². The monoisotopic (exact) mass is 302 g/mol. The number of thiol groups is 1. The molecular formula is C12H18N2O3S2. The molecule has 0 bridgehead atoms. The van der Waals surface area contributed by atoms with Crippen LogP contribution in [0.25, 0.3) is 0 Å². The van der Waals surface area contributed by atoms with Crippen molar-refractivity contribution in [3.8, 4) is 0 Å². The standard InChI is InChI=1S/C12H18N2O3S2/c1-9-3-5-11(6-4-9)19(16,17)14-10(2)12(15)13-7-8-18/h3-6,10,14,18H,7-8H2,1-2H3,(H,13,15)/t10-/m0/s1. The van der Waals surface area contributed by atoms with Gasteiger partial charge in [0, 0.05) is 12.3 Å². The minimum Gasteiger partial charge on any atom is -0.354 e. The fourth-order valence-electron chi connectivity index (χ4n) is 1.40. The van der Waals surface area contributed by atoms with Crippen LogP contribution in [0, 0.1) is 6.92 Å². The maximum absolute atomic E-state index is 12.0. The van der Waals surface area contributed by atoms with Crippen molar-refractivity contribution >= 4 is 28.6 Å². The van der Waals surface area contributed by atoms with E-state index in [2.05, 4.69) is 22.7 Å². The van der Waals surface area contributed by atoms with E-state index in [4.69, 9.17) is 0 Å². The van der Waals surface area contributed by atoms with Crippen LogP contribution in [0.5, 0.6) is 0 Å². The molecule has 5 nitrogen and oxygen atoms in total. The lowest BCUT2D eigenvalue weighted by Crippen LogP contribution is -2.45. The van der Waals surface area contributed by atoms with Crippen LogP contribution in [0.4, 0.5) is 0 Å². The molecule has 0 saturated heterocycles. The van der Waals surface area contributed by atoms with Crippen LogP contribution in [0.1, 0.15) is 12.5 Å². The Hall–Kier alpha value is -1.05. The molecule has 0 heterocycles. The molecule has 1 atom stereocenters. The summed E-state index contributed by atoms with van der Waals surface area (Å²) in [7, 11) is -3.68. The summed E-state index contributed by atoms with van der Waals surface area (Å²) in [6, 6.07) is 5.61. The highest BCUT2D eigenvalue weighted by atomic mass is 32.2. The van der Waals surface area contributed by atoms with Crippen LogP contribution >= 0.6 is 12.6 Å². The lowest BCUT2D eigenvalue weighted by atomic mass is 10.2. The van der Waals surface area contributed by atoms with Gasteiger partial charge in [0.05, 0.1) is 10.9 Å². The predicted octanol–water partition coefficient (Wildman–Crippen LogP) is 0.708. The summed E-state index contributed by atoms with van der Waals surface area (Å²) in [4.78, 5) is 11.7. The van der Waals surface area contributed by atoms with Crippen molar-refractivity contribution in [3.63, 3.8) is 0 Å². The molecule has 0 saturated carbocycles. The van der Waals surface area contributed by atoms with Gasteiger partial charge in [-0.3, -0.25) is 4.79 Å². The Morgan fingerprint density at radius 3 is 2.42 bits per heavy atom. The molecule has 106 valence electrons. The number of rotatable bonds is 6.